The first kappa shape index (κ1) is 15.6. The van der Waals surface area contributed by atoms with Crippen LogP contribution in [0.5, 0.6) is 5.75 Å². The topological polar surface area (TPSA) is 56.1 Å². The average Bonchev–Trinajstić information content (AvgIpc) is 3.11. The summed E-state index contributed by atoms with van der Waals surface area (Å²) in [5.74, 6) is 0.506. The lowest BCUT2D eigenvalue weighted by Gasteiger charge is -2.11. The lowest BCUT2D eigenvalue weighted by molar-refractivity contribution is -0.118. The summed E-state index contributed by atoms with van der Waals surface area (Å²) in [6, 6.07) is 8.28. The van der Waals surface area contributed by atoms with E-state index in [1.807, 2.05) is 31.3 Å². The molecule has 23 heavy (non-hydrogen) atoms. The van der Waals surface area contributed by atoms with Gasteiger partial charge < -0.3 is 9.30 Å². The zero-order valence-electron chi connectivity index (χ0n) is 13.4. The first-order valence-electron chi connectivity index (χ1n) is 7.49. The zero-order valence-corrected chi connectivity index (χ0v) is 14.2. The molecule has 3 aromatic rings. The molecule has 6 heteroatoms. The molecule has 1 aromatic carbocycles. The Bertz CT molecular complexity index is 835. The van der Waals surface area contributed by atoms with Crippen LogP contribution in [-0.4, -0.2) is 22.1 Å². The monoisotopic (exact) mass is 329 g/mol. The molecule has 120 valence electrons. The third kappa shape index (κ3) is 3.37. The molecule has 0 atom stereocenters. The lowest BCUT2D eigenvalue weighted by atomic mass is 10.2. The number of amides is 1. The van der Waals surface area contributed by atoms with Gasteiger partial charge in [0.25, 0.3) is 5.91 Å². The van der Waals surface area contributed by atoms with E-state index in [1.54, 1.807) is 6.20 Å². The Morgan fingerprint density at radius 1 is 1.39 bits per heavy atom. The van der Waals surface area contributed by atoms with E-state index in [2.05, 4.69) is 34.8 Å². The minimum Gasteiger partial charge on any atom is -0.483 e. The molecule has 0 aliphatic carbocycles. The van der Waals surface area contributed by atoms with Crippen LogP contribution >= 0.6 is 11.3 Å². The van der Waals surface area contributed by atoms with Crippen LogP contribution in [0.4, 0.5) is 5.13 Å². The number of rotatable bonds is 5. The van der Waals surface area contributed by atoms with E-state index in [9.17, 15) is 4.79 Å². The average molecular weight is 329 g/mol. The molecule has 0 spiro atoms. The largest absolute Gasteiger partial charge is 0.483 e. The number of aromatic nitrogens is 2. The minimum absolute atomic E-state index is 0.0371. The van der Waals surface area contributed by atoms with Gasteiger partial charge in [-0.15, -0.1) is 11.3 Å². The Balaban J connectivity index is 1.70. The second kappa shape index (κ2) is 6.42. The van der Waals surface area contributed by atoms with Crippen LogP contribution in [-0.2, 0) is 4.79 Å². The number of ether oxygens (including phenoxy) is 1. The summed E-state index contributed by atoms with van der Waals surface area (Å²) in [7, 11) is 0. The third-order valence-corrected chi connectivity index (χ3v) is 4.33. The van der Waals surface area contributed by atoms with Gasteiger partial charge in [-0.3, -0.25) is 10.1 Å². The van der Waals surface area contributed by atoms with Crippen LogP contribution < -0.4 is 10.1 Å². The number of hydrogen-bond acceptors (Lipinski definition) is 4. The van der Waals surface area contributed by atoms with Crippen molar-refractivity contribution in [1.29, 1.82) is 0 Å². The van der Waals surface area contributed by atoms with E-state index < -0.39 is 0 Å². The Labute approximate surface area is 138 Å². The molecule has 5 nitrogen and oxygen atoms in total. The van der Waals surface area contributed by atoms with Crippen molar-refractivity contribution in [2.24, 2.45) is 0 Å². The van der Waals surface area contributed by atoms with E-state index >= 15 is 0 Å². The van der Waals surface area contributed by atoms with E-state index in [0.717, 1.165) is 15.8 Å². The highest BCUT2D eigenvalue weighted by Crippen LogP contribution is 2.28. The van der Waals surface area contributed by atoms with Crippen LogP contribution in [0, 0.1) is 6.92 Å². The predicted molar refractivity (Wildman–Crippen MR) is 93.3 cm³/mol. The maximum absolute atomic E-state index is 12.0. The molecular formula is C17H19N3O2S. The molecule has 0 bridgehead atoms. The normalized spacial score (nSPS) is 11.1. The molecule has 3 rings (SSSR count). The first-order valence-corrected chi connectivity index (χ1v) is 8.31. The molecule has 0 aliphatic rings. The van der Waals surface area contributed by atoms with Crippen LogP contribution in [0.3, 0.4) is 0 Å². The molecule has 2 heterocycles. The molecule has 0 radical (unpaired) electrons. The van der Waals surface area contributed by atoms with E-state index in [-0.39, 0.29) is 12.5 Å². The number of aryl methyl sites for hydroxylation is 1. The fourth-order valence-corrected chi connectivity index (χ4v) is 3.13. The van der Waals surface area contributed by atoms with Gasteiger partial charge in [0.1, 0.15) is 5.75 Å². The number of nitrogens with zero attached hydrogens (tertiary/aromatic N) is 2. The Morgan fingerprint density at radius 3 is 2.91 bits per heavy atom. The van der Waals surface area contributed by atoms with Gasteiger partial charge in [-0.25, -0.2) is 4.98 Å². The van der Waals surface area contributed by atoms with Crippen molar-refractivity contribution in [2.75, 3.05) is 11.9 Å². The lowest BCUT2D eigenvalue weighted by Crippen LogP contribution is -2.20. The van der Waals surface area contributed by atoms with Crippen molar-refractivity contribution in [3.8, 4) is 5.75 Å². The summed E-state index contributed by atoms with van der Waals surface area (Å²) in [6.07, 6.45) is 3.77. The van der Waals surface area contributed by atoms with Crippen molar-refractivity contribution in [2.45, 2.75) is 26.8 Å². The van der Waals surface area contributed by atoms with Crippen molar-refractivity contribution >= 4 is 33.3 Å². The van der Waals surface area contributed by atoms with Crippen LogP contribution in [0.15, 0.2) is 36.7 Å². The molecule has 1 N–H and O–H groups in total. The van der Waals surface area contributed by atoms with E-state index in [0.29, 0.717) is 16.9 Å². The van der Waals surface area contributed by atoms with Gasteiger partial charge >= 0.3 is 0 Å². The molecule has 0 saturated carbocycles. The second-order valence-electron chi connectivity index (χ2n) is 5.62. The van der Waals surface area contributed by atoms with Crippen LogP contribution in [0.25, 0.3) is 10.9 Å². The predicted octanol–water partition coefficient (Wildman–Crippen LogP) is 4.00. The van der Waals surface area contributed by atoms with Crippen molar-refractivity contribution < 1.29 is 9.53 Å². The number of hydrogen-bond donors (Lipinski definition) is 1. The number of thiazole rings is 1. The number of anilines is 1. The second-order valence-corrected chi connectivity index (χ2v) is 6.85. The number of fused-ring (bicyclic) bond motifs is 1. The van der Waals surface area contributed by atoms with E-state index in [1.165, 1.54) is 11.3 Å². The van der Waals surface area contributed by atoms with E-state index in [4.69, 9.17) is 4.74 Å². The van der Waals surface area contributed by atoms with Crippen molar-refractivity contribution in [3.05, 3.63) is 41.5 Å². The SMILES string of the molecule is Cc1cnc(NC(=O)COc2cccc3c2ccn3C(C)C)s1. The number of benzene rings is 1. The molecule has 0 aliphatic heterocycles. The summed E-state index contributed by atoms with van der Waals surface area (Å²) in [6.45, 7) is 6.18. The van der Waals surface area contributed by atoms with Gasteiger partial charge in [0.2, 0.25) is 0 Å². The smallest absolute Gasteiger partial charge is 0.264 e. The number of carbonyl (C=O) groups excluding carboxylic acids is 1. The highest BCUT2D eigenvalue weighted by molar-refractivity contribution is 7.15. The molecule has 2 aromatic heterocycles. The molecule has 0 saturated heterocycles. The molecular weight excluding hydrogens is 310 g/mol. The Hall–Kier alpha value is -2.34. The third-order valence-electron chi connectivity index (χ3n) is 3.51. The maximum Gasteiger partial charge on any atom is 0.264 e. The van der Waals surface area contributed by atoms with Crippen molar-refractivity contribution in [3.63, 3.8) is 0 Å². The maximum atomic E-state index is 12.0. The Kier molecular flexibility index (Phi) is 4.34. The van der Waals surface area contributed by atoms with Gasteiger partial charge in [-0.05, 0) is 39.0 Å². The fraction of sp³-hybridized carbons (Fsp3) is 0.294. The molecule has 1 amide bonds. The highest BCUT2D eigenvalue weighted by Gasteiger charge is 2.11. The molecule has 0 fully saturated rings. The summed E-state index contributed by atoms with van der Waals surface area (Å²) in [5.41, 5.74) is 1.11. The van der Waals surface area contributed by atoms with Gasteiger partial charge in [0.15, 0.2) is 11.7 Å². The minimum atomic E-state index is -0.209. The van der Waals surface area contributed by atoms with Crippen LogP contribution in [0.1, 0.15) is 24.8 Å². The first-order chi connectivity index (χ1) is 11.0. The summed E-state index contributed by atoms with van der Waals surface area (Å²) in [5, 5.41) is 4.35. The number of nitrogens with one attached hydrogen (secondary N) is 1. The zero-order chi connectivity index (χ0) is 16.4. The summed E-state index contributed by atoms with van der Waals surface area (Å²) in [4.78, 5) is 17.1. The Morgan fingerprint density at radius 2 is 2.22 bits per heavy atom. The summed E-state index contributed by atoms with van der Waals surface area (Å²) >= 11 is 1.44. The highest BCUT2D eigenvalue weighted by atomic mass is 32.1. The van der Waals surface area contributed by atoms with Crippen LogP contribution in [0.2, 0.25) is 0 Å². The standard InChI is InChI=1S/C17H19N3O2S/c1-11(2)20-8-7-13-14(20)5-4-6-15(13)22-10-16(21)19-17-18-9-12(3)23-17/h4-9,11H,10H2,1-3H3,(H,18,19,21). The van der Waals surface area contributed by atoms with Gasteiger partial charge in [0.05, 0.1) is 5.52 Å². The van der Waals surface area contributed by atoms with Gasteiger partial charge in [-0.1, -0.05) is 6.07 Å². The van der Waals surface area contributed by atoms with Gasteiger partial charge in [0, 0.05) is 28.7 Å². The molecule has 0 unspecified atom stereocenters. The fourth-order valence-electron chi connectivity index (χ4n) is 2.45. The number of carbonyl (C=O) groups is 1. The summed E-state index contributed by atoms with van der Waals surface area (Å²) < 4.78 is 7.89. The quantitative estimate of drug-likeness (QED) is 0.769. The van der Waals surface area contributed by atoms with Gasteiger partial charge in [-0.2, -0.15) is 0 Å². The van der Waals surface area contributed by atoms with Crippen molar-refractivity contribution in [1.82, 2.24) is 9.55 Å².